The highest BCUT2D eigenvalue weighted by atomic mass is 19.1. The summed E-state index contributed by atoms with van der Waals surface area (Å²) in [4.78, 5) is 29.4. The molecule has 1 heterocycles. The molecule has 1 unspecified atom stereocenters. The highest BCUT2D eigenvalue weighted by molar-refractivity contribution is 5.78. The molecule has 0 bridgehead atoms. The summed E-state index contributed by atoms with van der Waals surface area (Å²) >= 11 is 0. The van der Waals surface area contributed by atoms with Gasteiger partial charge in [-0.25, -0.2) is 9.37 Å². The standard InChI is InChI=1S/C20H19FN2O3/c1-3-13(2)20(25)26-12-18-22-17-7-5-4-6-16(17)19(24)23(18)15-10-8-14(21)9-11-15/h4-11,13H,3,12H2,1-2H3. The molecule has 1 aromatic heterocycles. The number of fused-ring (bicyclic) bond motifs is 1. The van der Waals surface area contributed by atoms with Crippen LogP contribution in [0.2, 0.25) is 0 Å². The van der Waals surface area contributed by atoms with Crippen molar-refractivity contribution in [3.63, 3.8) is 0 Å². The zero-order chi connectivity index (χ0) is 18.7. The summed E-state index contributed by atoms with van der Waals surface area (Å²) in [5.41, 5.74) is 0.687. The molecular weight excluding hydrogens is 335 g/mol. The van der Waals surface area contributed by atoms with E-state index in [-0.39, 0.29) is 29.9 Å². The summed E-state index contributed by atoms with van der Waals surface area (Å²) in [5, 5.41) is 0.439. The third-order valence-corrected chi connectivity index (χ3v) is 4.29. The number of aromatic nitrogens is 2. The van der Waals surface area contributed by atoms with E-state index in [9.17, 15) is 14.0 Å². The Morgan fingerprint density at radius 3 is 2.58 bits per heavy atom. The van der Waals surface area contributed by atoms with Gasteiger partial charge in [0.25, 0.3) is 5.56 Å². The monoisotopic (exact) mass is 354 g/mol. The largest absolute Gasteiger partial charge is 0.457 e. The molecule has 2 aromatic carbocycles. The lowest BCUT2D eigenvalue weighted by molar-refractivity contribution is -0.149. The smallest absolute Gasteiger partial charge is 0.309 e. The first-order valence-corrected chi connectivity index (χ1v) is 8.44. The van der Waals surface area contributed by atoms with Gasteiger partial charge < -0.3 is 4.74 Å². The van der Waals surface area contributed by atoms with Crippen LogP contribution in [-0.4, -0.2) is 15.5 Å². The fourth-order valence-electron chi connectivity index (χ4n) is 2.58. The third-order valence-electron chi connectivity index (χ3n) is 4.29. The molecule has 0 saturated heterocycles. The molecule has 0 spiro atoms. The second-order valence-corrected chi connectivity index (χ2v) is 6.08. The van der Waals surface area contributed by atoms with Crippen molar-refractivity contribution in [2.45, 2.75) is 26.9 Å². The number of rotatable bonds is 5. The molecule has 0 N–H and O–H groups in total. The summed E-state index contributed by atoms with van der Waals surface area (Å²) in [7, 11) is 0. The minimum Gasteiger partial charge on any atom is -0.457 e. The Balaban J connectivity index is 2.10. The molecule has 3 rings (SSSR count). The van der Waals surface area contributed by atoms with Crippen LogP contribution in [0, 0.1) is 11.7 Å². The quantitative estimate of drug-likeness (QED) is 0.657. The Kier molecular flexibility index (Phi) is 5.11. The highest BCUT2D eigenvalue weighted by Crippen LogP contribution is 2.15. The third kappa shape index (κ3) is 3.49. The van der Waals surface area contributed by atoms with E-state index < -0.39 is 5.82 Å². The molecule has 1 atom stereocenters. The van der Waals surface area contributed by atoms with Gasteiger partial charge in [0, 0.05) is 0 Å². The molecule has 0 amide bonds. The molecule has 0 aliphatic carbocycles. The Hall–Kier alpha value is -3.02. The van der Waals surface area contributed by atoms with Crippen LogP contribution in [-0.2, 0) is 16.1 Å². The van der Waals surface area contributed by atoms with Crippen molar-refractivity contribution in [3.05, 3.63) is 70.5 Å². The van der Waals surface area contributed by atoms with Crippen LogP contribution < -0.4 is 5.56 Å². The van der Waals surface area contributed by atoms with Crippen molar-refractivity contribution in [3.8, 4) is 5.69 Å². The molecule has 0 radical (unpaired) electrons. The van der Waals surface area contributed by atoms with Crippen molar-refractivity contribution < 1.29 is 13.9 Å². The van der Waals surface area contributed by atoms with Gasteiger partial charge in [-0.15, -0.1) is 0 Å². The van der Waals surface area contributed by atoms with E-state index >= 15 is 0 Å². The molecule has 26 heavy (non-hydrogen) atoms. The van der Waals surface area contributed by atoms with Crippen molar-refractivity contribution in [2.24, 2.45) is 5.92 Å². The van der Waals surface area contributed by atoms with Crippen molar-refractivity contribution >= 4 is 16.9 Å². The van der Waals surface area contributed by atoms with Crippen LogP contribution in [0.5, 0.6) is 0 Å². The van der Waals surface area contributed by atoms with Crippen LogP contribution in [0.4, 0.5) is 4.39 Å². The van der Waals surface area contributed by atoms with Crippen molar-refractivity contribution in [1.29, 1.82) is 0 Å². The van der Waals surface area contributed by atoms with Crippen LogP contribution in [0.15, 0.2) is 53.3 Å². The molecule has 3 aromatic rings. The van der Waals surface area contributed by atoms with E-state index in [1.165, 1.54) is 28.8 Å². The summed E-state index contributed by atoms with van der Waals surface area (Å²) in [6.45, 7) is 3.54. The van der Waals surface area contributed by atoms with E-state index in [0.717, 1.165) is 0 Å². The Morgan fingerprint density at radius 2 is 1.88 bits per heavy atom. The van der Waals surface area contributed by atoms with Crippen LogP contribution in [0.25, 0.3) is 16.6 Å². The van der Waals surface area contributed by atoms with Gasteiger partial charge in [0.15, 0.2) is 5.82 Å². The first kappa shape index (κ1) is 17.8. The normalized spacial score (nSPS) is 12.1. The molecule has 5 nitrogen and oxygen atoms in total. The number of esters is 1. The molecule has 0 saturated carbocycles. The van der Waals surface area contributed by atoms with Gasteiger partial charge in [-0.2, -0.15) is 0 Å². The van der Waals surface area contributed by atoms with Gasteiger partial charge in [0.05, 0.1) is 22.5 Å². The van der Waals surface area contributed by atoms with E-state index in [1.54, 1.807) is 31.2 Å². The number of halogens is 1. The number of benzene rings is 2. The van der Waals surface area contributed by atoms with E-state index in [4.69, 9.17) is 4.74 Å². The van der Waals surface area contributed by atoms with Crippen LogP contribution in [0.1, 0.15) is 26.1 Å². The summed E-state index contributed by atoms with van der Waals surface area (Å²) in [6, 6.07) is 12.5. The molecule has 0 aliphatic rings. The lowest BCUT2D eigenvalue weighted by Crippen LogP contribution is -2.25. The number of carbonyl (C=O) groups excluding carboxylic acids is 1. The fourth-order valence-corrected chi connectivity index (χ4v) is 2.58. The summed E-state index contributed by atoms with van der Waals surface area (Å²) < 4.78 is 20.0. The minimum atomic E-state index is -0.403. The number of hydrogen-bond acceptors (Lipinski definition) is 4. The molecule has 0 aliphatic heterocycles. The predicted molar refractivity (Wildman–Crippen MR) is 96.5 cm³/mol. The Labute approximate surface area is 150 Å². The molecule has 0 fully saturated rings. The topological polar surface area (TPSA) is 61.2 Å². The van der Waals surface area contributed by atoms with Gasteiger partial charge in [0.1, 0.15) is 12.4 Å². The first-order valence-electron chi connectivity index (χ1n) is 8.44. The maximum atomic E-state index is 13.3. The van der Waals surface area contributed by atoms with E-state index in [1.807, 2.05) is 6.92 Å². The van der Waals surface area contributed by atoms with Gasteiger partial charge in [-0.05, 0) is 42.8 Å². The summed E-state index contributed by atoms with van der Waals surface area (Å²) in [5.74, 6) is -0.695. The zero-order valence-corrected chi connectivity index (χ0v) is 14.6. The number of nitrogens with zero attached hydrogens (tertiary/aromatic N) is 2. The van der Waals surface area contributed by atoms with Crippen LogP contribution >= 0.6 is 0 Å². The second-order valence-electron chi connectivity index (χ2n) is 6.08. The number of ether oxygens (including phenoxy) is 1. The predicted octanol–water partition coefficient (Wildman–Crippen LogP) is 3.61. The minimum absolute atomic E-state index is 0.138. The zero-order valence-electron chi connectivity index (χ0n) is 14.6. The van der Waals surface area contributed by atoms with Gasteiger partial charge in [-0.3, -0.25) is 14.2 Å². The SMILES string of the molecule is CCC(C)C(=O)OCc1nc2ccccc2c(=O)n1-c1ccc(F)cc1. The van der Waals surface area contributed by atoms with Gasteiger partial charge >= 0.3 is 5.97 Å². The lowest BCUT2D eigenvalue weighted by atomic mass is 10.1. The average molecular weight is 354 g/mol. The number of hydrogen-bond donors (Lipinski definition) is 0. The number of carbonyl (C=O) groups is 1. The van der Waals surface area contributed by atoms with E-state index in [0.29, 0.717) is 23.0 Å². The first-order chi connectivity index (χ1) is 12.5. The van der Waals surface area contributed by atoms with Crippen LogP contribution in [0.3, 0.4) is 0 Å². The van der Waals surface area contributed by atoms with Gasteiger partial charge in [0.2, 0.25) is 0 Å². The molecular formula is C20H19FN2O3. The average Bonchev–Trinajstić information content (AvgIpc) is 2.66. The molecule has 6 heteroatoms. The number of para-hydroxylation sites is 1. The summed E-state index contributed by atoms with van der Waals surface area (Å²) in [6.07, 6.45) is 0.661. The Morgan fingerprint density at radius 1 is 1.19 bits per heavy atom. The lowest BCUT2D eigenvalue weighted by Gasteiger charge is -2.15. The van der Waals surface area contributed by atoms with Crippen molar-refractivity contribution in [2.75, 3.05) is 0 Å². The molecule has 134 valence electrons. The Bertz CT molecular complexity index is 996. The maximum absolute atomic E-state index is 13.3. The van der Waals surface area contributed by atoms with E-state index in [2.05, 4.69) is 4.98 Å². The second kappa shape index (κ2) is 7.47. The van der Waals surface area contributed by atoms with Crippen molar-refractivity contribution in [1.82, 2.24) is 9.55 Å². The fraction of sp³-hybridized carbons (Fsp3) is 0.250. The highest BCUT2D eigenvalue weighted by Gasteiger charge is 2.17. The maximum Gasteiger partial charge on any atom is 0.309 e. The van der Waals surface area contributed by atoms with Gasteiger partial charge in [-0.1, -0.05) is 26.0 Å².